The normalized spacial score (nSPS) is 22.1. The fraction of sp³-hybridized carbons (Fsp3) is 0.786. The van der Waals surface area contributed by atoms with Gasteiger partial charge in [-0.25, -0.2) is 4.98 Å². The Morgan fingerprint density at radius 1 is 0.643 bits per heavy atom. The standard InChI is InChI=1S/C12H15BrN2O.C11H20N2O.C7H12ClNO.C7H13NO2.C4H8O.CH4/c1-15-7-5-9(6-8-15)12(16)10-3-2-4-11(13)14-10;1-12-8-4-10(5-9-12)11(14)13-6-2-3-7-13;1-9-4-2-6(3-5-9)7(8)10;1-8-4-2-6(3-5-8)7(9)10;1-2-4-5-3-1;/h2-4,9H,5-8H2,1H3;10H,2-9H2,1H3;6H,2-5H2,1H3;6H,2-5H2,1H3,(H,9,10);1-4H2;1H4. The summed E-state index contributed by atoms with van der Waals surface area (Å²) in [7, 11) is 8.32. The zero-order chi connectivity index (χ0) is 40.2. The van der Waals surface area contributed by atoms with Crippen molar-refractivity contribution in [3.63, 3.8) is 0 Å². The molecule has 0 radical (unpaired) electrons. The fourth-order valence-electron chi connectivity index (χ4n) is 7.48. The molecule has 1 aromatic rings. The van der Waals surface area contributed by atoms with Crippen molar-refractivity contribution >= 4 is 50.4 Å². The highest BCUT2D eigenvalue weighted by Gasteiger charge is 2.29. The number of ketones is 1. The second-order valence-corrected chi connectivity index (χ2v) is 17.2. The number of carboxylic acids is 1. The summed E-state index contributed by atoms with van der Waals surface area (Å²) in [5.41, 5.74) is 0.587. The molecule has 0 atom stereocenters. The van der Waals surface area contributed by atoms with E-state index in [0.717, 1.165) is 135 Å². The van der Waals surface area contributed by atoms with Gasteiger partial charge in [0.1, 0.15) is 10.3 Å². The molecule has 0 saturated carbocycles. The molecule has 0 bridgehead atoms. The predicted molar refractivity (Wildman–Crippen MR) is 228 cm³/mol. The van der Waals surface area contributed by atoms with Crippen LogP contribution in [0.4, 0.5) is 0 Å². The van der Waals surface area contributed by atoms with Gasteiger partial charge >= 0.3 is 5.97 Å². The maximum Gasteiger partial charge on any atom is 0.306 e. The smallest absolute Gasteiger partial charge is 0.306 e. The van der Waals surface area contributed by atoms with Crippen molar-refractivity contribution in [3.05, 3.63) is 28.5 Å². The third-order valence-electron chi connectivity index (χ3n) is 11.5. The molecule has 7 heterocycles. The SMILES string of the molecule is C.C1CCOC1.CN1CCC(C(=O)Cl)CC1.CN1CCC(C(=O)N2CCCC2)CC1.CN1CCC(C(=O)O)CC1.CN1CCC(C(=O)c2cccc(Br)n2)CC1. The van der Waals surface area contributed by atoms with Gasteiger partial charge in [0.05, 0.1) is 5.92 Å². The van der Waals surface area contributed by atoms with Crippen LogP contribution in [0.1, 0.15) is 95.0 Å². The van der Waals surface area contributed by atoms with E-state index in [1.54, 1.807) is 6.07 Å². The summed E-state index contributed by atoms with van der Waals surface area (Å²) in [6, 6.07) is 5.50. The quantitative estimate of drug-likeness (QED) is 0.205. The summed E-state index contributed by atoms with van der Waals surface area (Å²) in [6.45, 7) is 12.1. The number of amides is 1. The number of ether oxygens (including phenoxy) is 1. The van der Waals surface area contributed by atoms with E-state index >= 15 is 0 Å². The van der Waals surface area contributed by atoms with Crippen LogP contribution in [0, 0.1) is 23.7 Å². The van der Waals surface area contributed by atoms with Crippen LogP contribution < -0.4 is 0 Å². The largest absolute Gasteiger partial charge is 0.481 e. The molecular weight excluding hydrogens is 800 g/mol. The maximum atomic E-state index is 12.2. The summed E-state index contributed by atoms with van der Waals surface area (Å²) in [5.74, 6) is 0.495. The highest BCUT2D eigenvalue weighted by atomic mass is 79.9. The number of carbonyl (C=O) groups is 4. The number of Topliss-reactive ketones (excluding diaryl/α,β-unsaturated/α-hetero) is 1. The Hall–Kier alpha value is -2.00. The number of piperidine rings is 4. The summed E-state index contributed by atoms with van der Waals surface area (Å²) >= 11 is 8.64. The monoisotopic (exact) mass is 870 g/mol. The number of pyridine rings is 1. The second-order valence-electron chi connectivity index (χ2n) is 16.0. The number of hydrogen-bond acceptors (Lipinski definition) is 10. The molecular formula is C42H72BrClN6O6. The van der Waals surface area contributed by atoms with E-state index in [1.165, 1.54) is 25.7 Å². The second kappa shape index (κ2) is 27.6. The lowest BCUT2D eigenvalue weighted by molar-refractivity contribution is -0.143. The molecule has 6 fully saturated rings. The van der Waals surface area contributed by atoms with E-state index in [9.17, 15) is 19.2 Å². The summed E-state index contributed by atoms with van der Waals surface area (Å²) in [4.78, 5) is 60.5. The molecule has 0 unspecified atom stereocenters. The molecule has 14 heteroatoms. The first-order valence-corrected chi connectivity index (χ1v) is 21.7. The van der Waals surface area contributed by atoms with Crippen LogP contribution in [0.3, 0.4) is 0 Å². The van der Waals surface area contributed by atoms with Crippen molar-refractivity contribution in [1.82, 2.24) is 29.5 Å². The van der Waals surface area contributed by atoms with E-state index in [-0.39, 0.29) is 36.2 Å². The fourth-order valence-corrected chi connectivity index (χ4v) is 8.04. The summed E-state index contributed by atoms with van der Waals surface area (Å²) in [6.07, 6.45) is 12.5. The van der Waals surface area contributed by atoms with Gasteiger partial charge in [0.2, 0.25) is 11.1 Å². The number of rotatable bonds is 5. The van der Waals surface area contributed by atoms with Crippen molar-refractivity contribution in [2.45, 2.75) is 84.5 Å². The van der Waals surface area contributed by atoms with E-state index < -0.39 is 5.97 Å². The first-order valence-electron chi connectivity index (χ1n) is 20.5. The number of aliphatic carboxylic acids is 1. The molecule has 6 aliphatic heterocycles. The van der Waals surface area contributed by atoms with Gasteiger partial charge in [-0.2, -0.15) is 0 Å². The van der Waals surface area contributed by atoms with Crippen LogP contribution in [-0.4, -0.2) is 164 Å². The van der Waals surface area contributed by atoms with E-state index in [0.29, 0.717) is 17.5 Å². The number of nitrogens with zero attached hydrogens (tertiary/aromatic N) is 6. The van der Waals surface area contributed by atoms with Gasteiger partial charge in [-0.05, 0) is 197 Å². The molecule has 1 N–H and O–H groups in total. The van der Waals surface area contributed by atoms with Gasteiger partial charge in [0, 0.05) is 44.1 Å². The highest BCUT2D eigenvalue weighted by Crippen LogP contribution is 2.23. The minimum atomic E-state index is -0.631. The van der Waals surface area contributed by atoms with Gasteiger partial charge in [-0.1, -0.05) is 13.5 Å². The van der Waals surface area contributed by atoms with Crippen molar-refractivity contribution < 1.29 is 29.0 Å². The number of hydrogen-bond donors (Lipinski definition) is 1. The molecule has 320 valence electrons. The Morgan fingerprint density at radius 3 is 1.43 bits per heavy atom. The Balaban J connectivity index is 0.000000250. The summed E-state index contributed by atoms with van der Waals surface area (Å²) < 4.78 is 5.67. The molecule has 0 aromatic carbocycles. The third kappa shape index (κ3) is 19.2. The molecule has 12 nitrogen and oxygen atoms in total. The zero-order valence-electron chi connectivity index (χ0n) is 33.9. The average Bonchev–Trinajstić information content (AvgIpc) is 3.95. The average molecular weight is 872 g/mol. The van der Waals surface area contributed by atoms with E-state index in [4.69, 9.17) is 21.4 Å². The molecule has 0 spiro atoms. The van der Waals surface area contributed by atoms with Crippen molar-refractivity contribution in [2.24, 2.45) is 23.7 Å². The van der Waals surface area contributed by atoms with Gasteiger partial charge in [-0.3, -0.25) is 19.2 Å². The molecule has 56 heavy (non-hydrogen) atoms. The van der Waals surface area contributed by atoms with Crippen molar-refractivity contribution in [3.8, 4) is 0 Å². The number of carbonyl (C=O) groups excluding carboxylic acids is 3. The molecule has 6 saturated heterocycles. The topological polar surface area (TPSA) is 127 Å². The number of likely N-dealkylation sites (tertiary alicyclic amines) is 5. The van der Waals surface area contributed by atoms with E-state index in [1.807, 2.05) is 19.2 Å². The molecule has 1 amide bonds. The predicted octanol–water partition coefficient (Wildman–Crippen LogP) is 6.26. The van der Waals surface area contributed by atoms with Gasteiger partial charge in [0.25, 0.3) is 0 Å². The van der Waals surface area contributed by atoms with Crippen molar-refractivity contribution in [2.75, 3.05) is 107 Å². The van der Waals surface area contributed by atoms with Crippen LogP contribution in [0.25, 0.3) is 0 Å². The van der Waals surface area contributed by atoms with Gasteiger partial charge < -0.3 is 34.3 Å². The molecule has 6 aliphatic rings. The van der Waals surface area contributed by atoms with Crippen molar-refractivity contribution in [1.29, 1.82) is 0 Å². The first-order chi connectivity index (χ1) is 26.3. The molecule has 0 aliphatic carbocycles. The highest BCUT2D eigenvalue weighted by molar-refractivity contribution is 9.10. The molecule has 1 aromatic heterocycles. The third-order valence-corrected chi connectivity index (χ3v) is 12.2. The Labute approximate surface area is 351 Å². The Kier molecular flexibility index (Phi) is 24.8. The van der Waals surface area contributed by atoms with Crippen LogP contribution in [0.2, 0.25) is 0 Å². The lowest BCUT2D eigenvalue weighted by Gasteiger charge is -2.30. The number of carboxylic acid groups (broad SMARTS) is 1. The maximum absolute atomic E-state index is 12.2. The van der Waals surface area contributed by atoms with Crippen LogP contribution in [0.15, 0.2) is 22.8 Å². The van der Waals surface area contributed by atoms with Crippen LogP contribution >= 0.6 is 27.5 Å². The first kappa shape index (κ1) is 50.1. The minimum Gasteiger partial charge on any atom is -0.481 e. The number of aromatic nitrogens is 1. The summed E-state index contributed by atoms with van der Waals surface area (Å²) in [5, 5.41) is 8.45. The van der Waals surface area contributed by atoms with Crippen LogP contribution in [-0.2, 0) is 19.1 Å². The van der Waals surface area contributed by atoms with E-state index in [2.05, 4.69) is 66.6 Å². The lowest BCUT2D eigenvalue weighted by atomic mass is 9.91. The lowest BCUT2D eigenvalue weighted by Crippen LogP contribution is -2.40. The Morgan fingerprint density at radius 2 is 1.05 bits per heavy atom. The zero-order valence-corrected chi connectivity index (χ0v) is 36.3. The number of halogens is 2. The molecule has 7 rings (SSSR count). The van der Waals surface area contributed by atoms with Gasteiger partial charge in [0.15, 0.2) is 5.78 Å². The minimum absolute atomic E-state index is 0. The van der Waals surface area contributed by atoms with Gasteiger partial charge in [-0.15, -0.1) is 0 Å². The van der Waals surface area contributed by atoms with Crippen LogP contribution in [0.5, 0.6) is 0 Å². The Bertz CT molecular complexity index is 1250.